The number of furan rings is 1. The lowest BCUT2D eigenvalue weighted by molar-refractivity contribution is -0.117. The number of nitrogens with one attached hydrogen (secondary N) is 1. The molecule has 0 aliphatic heterocycles. The maximum Gasteiger partial charge on any atom is 0.262 e. The summed E-state index contributed by atoms with van der Waals surface area (Å²) >= 11 is 0. The van der Waals surface area contributed by atoms with Crippen molar-refractivity contribution in [3.8, 4) is 6.07 Å². The van der Waals surface area contributed by atoms with Crippen LogP contribution in [0.15, 0.2) is 22.1 Å². The van der Waals surface area contributed by atoms with E-state index in [1.807, 2.05) is 18.2 Å². The number of unbranched alkanes of at least 4 members (excludes halogenated alkanes) is 1. The predicted molar refractivity (Wildman–Crippen MR) is 76.7 cm³/mol. The van der Waals surface area contributed by atoms with Gasteiger partial charge in [-0.15, -0.1) is 0 Å². The second-order valence-corrected chi connectivity index (χ2v) is 5.34. The first kappa shape index (κ1) is 14.4. The van der Waals surface area contributed by atoms with E-state index >= 15 is 0 Å². The van der Waals surface area contributed by atoms with Gasteiger partial charge in [-0.05, 0) is 30.9 Å². The van der Waals surface area contributed by atoms with Crippen molar-refractivity contribution in [1.29, 1.82) is 5.26 Å². The normalized spacial score (nSPS) is 21.4. The summed E-state index contributed by atoms with van der Waals surface area (Å²) in [6, 6.07) is 5.68. The van der Waals surface area contributed by atoms with E-state index in [1.54, 1.807) is 0 Å². The number of carbonyl (C=O) groups is 1. The summed E-state index contributed by atoms with van der Waals surface area (Å²) in [5, 5.41) is 11.8. The third-order valence-corrected chi connectivity index (χ3v) is 3.59. The van der Waals surface area contributed by atoms with Crippen LogP contribution in [0.25, 0.3) is 6.08 Å². The average Bonchev–Trinajstić information content (AvgIpc) is 2.99. The molecular weight excluding hydrogens is 252 g/mol. The number of nitriles is 1. The standard InChI is InChI=1S/C16H20N2O2/c1-3-4-7-18-16(19)12(10-17)9-13-5-6-15(20-13)14-8-11(14)2/h5-6,9,11,14H,3-4,7-8H2,1-2H3,(H,18,19)/b12-9+/t11-,14-/m0/s1. The van der Waals surface area contributed by atoms with E-state index < -0.39 is 0 Å². The summed E-state index contributed by atoms with van der Waals surface area (Å²) in [6.07, 6.45) is 4.58. The van der Waals surface area contributed by atoms with E-state index in [2.05, 4.69) is 19.2 Å². The number of rotatable bonds is 6. The van der Waals surface area contributed by atoms with Gasteiger partial charge in [0.15, 0.2) is 0 Å². The lowest BCUT2D eigenvalue weighted by Crippen LogP contribution is -2.25. The summed E-state index contributed by atoms with van der Waals surface area (Å²) in [5.41, 5.74) is 0.0887. The summed E-state index contributed by atoms with van der Waals surface area (Å²) in [6.45, 7) is 4.83. The Morgan fingerprint density at radius 3 is 2.95 bits per heavy atom. The van der Waals surface area contributed by atoms with Crippen LogP contribution in [0.4, 0.5) is 0 Å². The molecule has 1 aliphatic rings. The molecule has 20 heavy (non-hydrogen) atoms. The van der Waals surface area contributed by atoms with Gasteiger partial charge in [-0.1, -0.05) is 20.3 Å². The fraction of sp³-hybridized carbons (Fsp3) is 0.500. The van der Waals surface area contributed by atoms with Crippen LogP contribution >= 0.6 is 0 Å². The van der Waals surface area contributed by atoms with Crippen molar-refractivity contribution in [1.82, 2.24) is 5.32 Å². The highest BCUT2D eigenvalue weighted by molar-refractivity contribution is 6.01. The van der Waals surface area contributed by atoms with Crippen LogP contribution < -0.4 is 5.32 Å². The van der Waals surface area contributed by atoms with Crippen molar-refractivity contribution >= 4 is 12.0 Å². The molecule has 0 bridgehead atoms. The van der Waals surface area contributed by atoms with Crippen LogP contribution in [0.3, 0.4) is 0 Å². The van der Waals surface area contributed by atoms with Gasteiger partial charge in [-0.3, -0.25) is 4.79 Å². The zero-order valence-electron chi connectivity index (χ0n) is 12.0. The Morgan fingerprint density at radius 1 is 1.60 bits per heavy atom. The van der Waals surface area contributed by atoms with E-state index in [9.17, 15) is 4.79 Å². The molecule has 1 heterocycles. The molecule has 1 aliphatic carbocycles. The van der Waals surface area contributed by atoms with E-state index in [4.69, 9.17) is 9.68 Å². The molecule has 2 atom stereocenters. The zero-order chi connectivity index (χ0) is 14.5. The summed E-state index contributed by atoms with van der Waals surface area (Å²) in [5.74, 6) is 2.36. The molecule has 0 aromatic carbocycles. The molecule has 106 valence electrons. The Morgan fingerprint density at radius 2 is 2.35 bits per heavy atom. The molecule has 0 saturated heterocycles. The highest BCUT2D eigenvalue weighted by Crippen LogP contribution is 2.47. The van der Waals surface area contributed by atoms with Crippen LogP contribution in [-0.2, 0) is 4.79 Å². The van der Waals surface area contributed by atoms with Crippen molar-refractivity contribution in [2.45, 2.75) is 39.0 Å². The number of hydrogen-bond donors (Lipinski definition) is 1. The zero-order valence-corrected chi connectivity index (χ0v) is 12.0. The lowest BCUT2D eigenvalue weighted by atomic mass is 10.2. The van der Waals surface area contributed by atoms with Gasteiger partial charge < -0.3 is 9.73 Å². The predicted octanol–water partition coefficient (Wildman–Crippen LogP) is 3.23. The molecule has 1 N–H and O–H groups in total. The van der Waals surface area contributed by atoms with Gasteiger partial charge in [-0.25, -0.2) is 0 Å². The van der Waals surface area contributed by atoms with Crippen molar-refractivity contribution in [3.63, 3.8) is 0 Å². The Kier molecular flexibility index (Phi) is 4.62. The van der Waals surface area contributed by atoms with E-state index in [1.165, 1.54) is 6.08 Å². The Hall–Kier alpha value is -2.02. The quantitative estimate of drug-likeness (QED) is 0.491. The molecule has 0 unspecified atom stereocenters. The van der Waals surface area contributed by atoms with Gasteiger partial charge in [0.2, 0.25) is 0 Å². The fourth-order valence-electron chi connectivity index (χ4n) is 2.13. The molecule has 1 aromatic rings. The first-order valence-corrected chi connectivity index (χ1v) is 7.15. The van der Waals surface area contributed by atoms with Crippen LogP contribution in [0, 0.1) is 17.2 Å². The summed E-state index contributed by atoms with van der Waals surface area (Å²) in [4.78, 5) is 11.8. The summed E-state index contributed by atoms with van der Waals surface area (Å²) in [7, 11) is 0. The van der Waals surface area contributed by atoms with Gasteiger partial charge in [0.25, 0.3) is 5.91 Å². The Balaban J connectivity index is 2.01. The molecule has 4 nitrogen and oxygen atoms in total. The maximum atomic E-state index is 11.8. The minimum absolute atomic E-state index is 0.0887. The van der Waals surface area contributed by atoms with Gasteiger partial charge in [0.1, 0.15) is 23.2 Å². The summed E-state index contributed by atoms with van der Waals surface area (Å²) < 4.78 is 5.68. The first-order chi connectivity index (χ1) is 9.65. The SMILES string of the molecule is CCCCNC(=O)/C(C#N)=C/c1ccc([C@H]2C[C@@H]2C)o1. The Bertz CT molecular complexity index is 551. The first-order valence-electron chi connectivity index (χ1n) is 7.15. The van der Waals surface area contributed by atoms with E-state index in [0.717, 1.165) is 25.0 Å². The second kappa shape index (κ2) is 6.42. The van der Waals surface area contributed by atoms with Crippen molar-refractivity contribution in [3.05, 3.63) is 29.2 Å². The van der Waals surface area contributed by atoms with E-state index in [-0.39, 0.29) is 11.5 Å². The highest BCUT2D eigenvalue weighted by Gasteiger charge is 2.36. The highest BCUT2D eigenvalue weighted by atomic mass is 16.3. The third kappa shape index (κ3) is 3.51. The van der Waals surface area contributed by atoms with Gasteiger partial charge in [0, 0.05) is 18.5 Å². The topological polar surface area (TPSA) is 66.0 Å². The molecule has 0 radical (unpaired) electrons. The van der Waals surface area contributed by atoms with Gasteiger partial charge >= 0.3 is 0 Å². The average molecular weight is 272 g/mol. The molecule has 2 rings (SSSR count). The van der Waals surface area contributed by atoms with Gasteiger partial charge in [0.05, 0.1) is 0 Å². The monoisotopic (exact) mass is 272 g/mol. The minimum Gasteiger partial charge on any atom is -0.461 e. The van der Waals surface area contributed by atoms with E-state index in [0.29, 0.717) is 24.1 Å². The number of hydrogen-bond acceptors (Lipinski definition) is 3. The smallest absolute Gasteiger partial charge is 0.262 e. The lowest BCUT2D eigenvalue weighted by Gasteiger charge is -2.01. The molecular formula is C16H20N2O2. The molecule has 1 aromatic heterocycles. The van der Waals surface area contributed by atoms with Crippen molar-refractivity contribution in [2.75, 3.05) is 6.54 Å². The molecule has 1 fully saturated rings. The van der Waals surface area contributed by atoms with Crippen molar-refractivity contribution in [2.24, 2.45) is 5.92 Å². The third-order valence-electron chi connectivity index (χ3n) is 3.59. The number of amides is 1. The largest absolute Gasteiger partial charge is 0.461 e. The fourth-order valence-corrected chi connectivity index (χ4v) is 2.13. The second-order valence-electron chi connectivity index (χ2n) is 5.34. The van der Waals surface area contributed by atoms with Crippen molar-refractivity contribution < 1.29 is 9.21 Å². The van der Waals surface area contributed by atoms with Crippen LogP contribution in [0.2, 0.25) is 0 Å². The molecule has 4 heteroatoms. The maximum absolute atomic E-state index is 11.8. The molecule has 1 saturated carbocycles. The minimum atomic E-state index is -0.335. The molecule has 1 amide bonds. The van der Waals surface area contributed by atoms with Crippen LogP contribution in [-0.4, -0.2) is 12.5 Å². The molecule has 0 spiro atoms. The van der Waals surface area contributed by atoms with Crippen LogP contribution in [0.1, 0.15) is 50.5 Å². The van der Waals surface area contributed by atoms with Crippen LogP contribution in [0.5, 0.6) is 0 Å². The number of carbonyl (C=O) groups excluding carboxylic acids is 1. The Labute approximate surface area is 119 Å². The number of nitrogens with zero attached hydrogens (tertiary/aromatic N) is 1. The van der Waals surface area contributed by atoms with Gasteiger partial charge in [-0.2, -0.15) is 5.26 Å².